The quantitative estimate of drug-likeness (QED) is 0.849. The van der Waals surface area contributed by atoms with Crippen LogP contribution in [-0.2, 0) is 6.54 Å². The van der Waals surface area contributed by atoms with Crippen molar-refractivity contribution in [2.24, 2.45) is 5.92 Å². The van der Waals surface area contributed by atoms with Crippen molar-refractivity contribution in [2.75, 3.05) is 0 Å². The summed E-state index contributed by atoms with van der Waals surface area (Å²) in [4.78, 5) is 16.1. The molecule has 1 aliphatic rings. The maximum absolute atomic E-state index is 13.2. The molecule has 1 fully saturated rings. The summed E-state index contributed by atoms with van der Waals surface area (Å²) in [6.45, 7) is 0.558. The van der Waals surface area contributed by atoms with Crippen LogP contribution in [0.2, 0.25) is 0 Å². The molecule has 0 aromatic carbocycles. The van der Waals surface area contributed by atoms with E-state index in [1.54, 1.807) is 21.8 Å². The van der Waals surface area contributed by atoms with E-state index < -0.39 is 6.17 Å². The van der Waals surface area contributed by atoms with E-state index in [2.05, 4.69) is 4.98 Å². The second kappa shape index (κ2) is 4.99. The molecule has 2 unspecified atom stereocenters. The zero-order chi connectivity index (χ0) is 13.2. The van der Waals surface area contributed by atoms with Gasteiger partial charge in [-0.05, 0) is 37.3 Å². The highest BCUT2D eigenvalue weighted by Gasteiger charge is 2.25. The molecule has 0 bridgehead atoms. The van der Waals surface area contributed by atoms with Gasteiger partial charge in [-0.25, -0.2) is 18.7 Å². The Balaban J connectivity index is 1.89. The van der Waals surface area contributed by atoms with Crippen LogP contribution < -0.4 is 5.56 Å². The van der Waals surface area contributed by atoms with Crippen molar-refractivity contribution < 1.29 is 4.39 Å². The first-order valence-electron chi connectivity index (χ1n) is 6.58. The van der Waals surface area contributed by atoms with Gasteiger partial charge in [0, 0.05) is 25.0 Å². The van der Waals surface area contributed by atoms with Crippen LogP contribution in [0.4, 0.5) is 4.39 Å². The molecule has 2 heterocycles. The average molecular weight is 261 g/mol. The summed E-state index contributed by atoms with van der Waals surface area (Å²) in [6.07, 6.45) is 4.72. The number of hydrogen-bond donors (Lipinski definition) is 0. The van der Waals surface area contributed by atoms with Gasteiger partial charge in [0.05, 0.1) is 0 Å². The molecule has 0 aliphatic heterocycles. The normalized spacial score (nSPS) is 22.8. The molecule has 2 aromatic rings. The Hall–Kier alpha value is -1.91. The molecular formula is C14H16FN3O. The zero-order valence-electron chi connectivity index (χ0n) is 10.6. The Bertz CT molecular complexity index is 605. The lowest BCUT2D eigenvalue weighted by molar-refractivity contribution is 0.316. The van der Waals surface area contributed by atoms with Crippen LogP contribution in [0.5, 0.6) is 0 Å². The van der Waals surface area contributed by atoms with Gasteiger partial charge in [0.1, 0.15) is 6.17 Å². The molecule has 4 nitrogen and oxygen atoms in total. The summed E-state index contributed by atoms with van der Waals surface area (Å²) in [5.41, 5.74) is -0.0621. The standard InChI is InChI=1S/C14H16FN3O/c15-12-5-4-11(9-12)10-18-14(19)6-8-17(18)13-3-1-2-7-16-13/h1-3,6-8,11-12H,4-5,9-10H2. The number of rotatable bonds is 3. The largest absolute Gasteiger partial charge is 0.268 e. The van der Waals surface area contributed by atoms with Crippen molar-refractivity contribution in [3.05, 3.63) is 47.0 Å². The summed E-state index contributed by atoms with van der Waals surface area (Å²) in [5, 5.41) is 0. The molecule has 0 amide bonds. The van der Waals surface area contributed by atoms with Crippen LogP contribution in [0.25, 0.3) is 5.82 Å². The van der Waals surface area contributed by atoms with Gasteiger partial charge in [-0.2, -0.15) is 0 Å². The fourth-order valence-electron chi connectivity index (χ4n) is 2.70. The minimum absolute atomic E-state index is 0.0621. The van der Waals surface area contributed by atoms with Crippen LogP contribution in [0.3, 0.4) is 0 Å². The van der Waals surface area contributed by atoms with Crippen molar-refractivity contribution in [1.29, 1.82) is 0 Å². The van der Waals surface area contributed by atoms with Gasteiger partial charge in [0.2, 0.25) is 0 Å². The molecule has 2 aromatic heterocycles. The van der Waals surface area contributed by atoms with Crippen molar-refractivity contribution in [3.63, 3.8) is 0 Å². The summed E-state index contributed by atoms with van der Waals surface area (Å²) in [5.74, 6) is 0.949. The second-order valence-corrected chi connectivity index (χ2v) is 5.04. The van der Waals surface area contributed by atoms with Crippen LogP contribution in [0.15, 0.2) is 41.5 Å². The first kappa shape index (κ1) is 12.1. The molecule has 0 radical (unpaired) electrons. The predicted molar refractivity (Wildman–Crippen MR) is 70.1 cm³/mol. The van der Waals surface area contributed by atoms with Crippen LogP contribution >= 0.6 is 0 Å². The minimum atomic E-state index is -0.709. The number of halogens is 1. The minimum Gasteiger partial charge on any atom is -0.268 e. The van der Waals surface area contributed by atoms with E-state index in [4.69, 9.17) is 0 Å². The zero-order valence-corrected chi connectivity index (χ0v) is 10.6. The highest BCUT2D eigenvalue weighted by atomic mass is 19.1. The van der Waals surface area contributed by atoms with Crippen molar-refractivity contribution >= 4 is 0 Å². The maximum Gasteiger partial charge on any atom is 0.266 e. The Morgan fingerprint density at radius 1 is 1.32 bits per heavy atom. The monoisotopic (exact) mass is 261 g/mol. The summed E-state index contributed by atoms with van der Waals surface area (Å²) >= 11 is 0. The van der Waals surface area contributed by atoms with Gasteiger partial charge in [0.25, 0.3) is 5.56 Å². The van der Waals surface area contributed by atoms with Gasteiger partial charge in [-0.3, -0.25) is 4.79 Å². The number of hydrogen-bond acceptors (Lipinski definition) is 2. The van der Waals surface area contributed by atoms with Gasteiger partial charge in [-0.15, -0.1) is 0 Å². The van der Waals surface area contributed by atoms with E-state index in [0.717, 1.165) is 6.42 Å². The van der Waals surface area contributed by atoms with Crippen LogP contribution in [0, 0.1) is 5.92 Å². The van der Waals surface area contributed by atoms with Gasteiger partial charge >= 0.3 is 0 Å². The lowest BCUT2D eigenvalue weighted by Crippen LogP contribution is -2.25. The number of pyridine rings is 1. The molecule has 1 saturated carbocycles. The fourth-order valence-corrected chi connectivity index (χ4v) is 2.70. The van der Waals surface area contributed by atoms with Gasteiger partial charge < -0.3 is 0 Å². The van der Waals surface area contributed by atoms with E-state index in [1.165, 1.54) is 6.07 Å². The van der Waals surface area contributed by atoms with Crippen LogP contribution in [0.1, 0.15) is 19.3 Å². The molecular weight excluding hydrogens is 245 g/mol. The van der Waals surface area contributed by atoms with Gasteiger partial charge in [-0.1, -0.05) is 6.07 Å². The number of nitrogens with zero attached hydrogens (tertiary/aromatic N) is 3. The van der Waals surface area contributed by atoms with E-state index in [9.17, 15) is 9.18 Å². The molecule has 0 N–H and O–H groups in total. The third kappa shape index (κ3) is 2.45. The molecule has 5 heteroatoms. The Labute approximate surface area is 110 Å². The second-order valence-electron chi connectivity index (χ2n) is 5.04. The molecule has 0 spiro atoms. The molecule has 19 heavy (non-hydrogen) atoms. The highest BCUT2D eigenvalue weighted by molar-refractivity contribution is 5.20. The SMILES string of the molecule is O=c1ccn(-c2ccccn2)n1CC1CCC(F)C1. The van der Waals surface area contributed by atoms with E-state index in [0.29, 0.717) is 25.2 Å². The Morgan fingerprint density at radius 3 is 2.89 bits per heavy atom. The lowest BCUT2D eigenvalue weighted by atomic mass is 10.1. The van der Waals surface area contributed by atoms with Crippen molar-refractivity contribution in [3.8, 4) is 5.82 Å². The van der Waals surface area contributed by atoms with E-state index in [1.807, 2.05) is 18.2 Å². The molecule has 1 aliphatic carbocycles. The topological polar surface area (TPSA) is 39.8 Å². The lowest BCUT2D eigenvalue weighted by Gasteiger charge is -2.14. The average Bonchev–Trinajstić information content (AvgIpc) is 2.99. The van der Waals surface area contributed by atoms with E-state index >= 15 is 0 Å². The fraction of sp³-hybridized carbons (Fsp3) is 0.429. The summed E-state index contributed by atoms with van der Waals surface area (Å²) < 4.78 is 16.6. The third-order valence-electron chi connectivity index (χ3n) is 3.67. The van der Waals surface area contributed by atoms with Crippen molar-refractivity contribution in [2.45, 2.75) is 32.0 Å². The highest BCUT2D eigenvalue weighted by Crippen LogP contribution is 2.28. The van der Waals surface area contributed by atoms with Crippen LogP contribution in [-0.4, -0.2) is 20.5 Å². The predicted octanol–water partition coefficient (Wildman–Crippen LogP) is 2.17. The summed E-state index contributed by atoms with van der Waals surface area (Å²) in [6, 6.07) is 7.09. The number of aromatic nitrogens is 3. The summed E-state index contributed by atoms with van der Waals surface area (Å²) in [7, 11) is 0. The molecule has 2 atom stereocenters. The Morgan fingerprint density at radius 2 is 2.21 bits per heavy atom. The Kier molecular flexibility index (Phi) is 3.19. The molecule has 100 valence electrons. The van der Waals surface area contributed by atoms with E-state index in [-0.39, 0.29) is 11.5 Å². The third-order valence-corrected chi connectivity index (χ3v) is 3.67. The number of alkyl halides is 1. The van der Waals surface area contributed by atoms with Crippen molar-refractivity contribution in [1.82, 2.24) is 14.3 Å². The van der Waals surface area contributed by atoms with Gasteiger partial charge in [0.15, 0.2) is 5.82 Å². The first-order chi connectivity index (χ1) is 9.24. The molecule has 0 saturated heterocycles. The first-order valence-corrected chi connectivity index (χ1v) is 6.58. The molecule has 3 rings (SSSR count). The maximum atomic E-state index is 13.2. The smallest absolute Gasteiger partial charge is 0.266 e.